The van der Waals surface area contributed by atoms with Gasteiger partial charge in [0, 0.05) is 11.8 Å². The molecular formula is C18H26O6. The molecule has 0 aromatic heterocycles. The van der Waals surface area contributed by atoms with Gasteiger partial charge in [-0.15, -0.1) is 0 Å². The third kappa shape index (κ3) is 3.18. The van der Waals surface area contributed by atoms with Crippen molar-refractivity contribution in [2.75, 3.05) is 0 Å². The fourth-order valence-corrected chi connectivity index (χ4v) is 4.44. The van der Waals surface area contributed by atoms with E-state index < -0.39 is 36.7 Å². The van der Waals surface area contributed by atoms with E-state index in [2.05, 4.69) is 0 Å². The summed E-state index contributed by atoms with van der Waals surface area (Å²) >= 11 is 0. The molecule has 0 bridgehead atoms. The van der Waals surface area contributed by atoms with Gasteiger partial charge in [-0.25, -0.2) is 9.59 Å². The lowest BCUT2D eigenvalue weighted by atomic mass is 9.89. The number of rotatable bonds is 3. The topological polar surface area (TPSA) is 71.1 Å². The van der Waals surface area contributed by atoms with Crippen LogP contribution in [0.1, 0.15) is 64.2 Å². The molecule has 0 aromatic rings. The number of ether oxygens (including phenoxy) is 4. The Morgan fingerprint density at radius 2 is 0.958 bits per heavy atom. The van der Waals surface area contributed by atoms with Gasteiger partial charge in [-0.05, 0) is 25.7 Å². The molecule has 134 valence electrons. The van der Waals surface area contributed by atoms with Gasteiger partial charge in [0.15, 0.2) is 12.2 Å². The van der Waals surface area contributed by atoms with Gasteiger partial charge in [-0.2, -0.15) is 0 Å². The molecule has 6 nitrogen and oxygen atoms in total. The average Bonchev–Trinajstić information content (AvgIpc) is 3.19. The standard InChI is InChI=1S/C18H26O6/c19-15-13(21-17(23-15)11-7-3-1-4-8-11)14-16(20)24-18(22-14)12-9-5-2-6-10-12/h11-14,17-18H,1-10H2/t13-,14-,17-,18-/m1/s1. The van der Waals surface area contributed by atoms with Crippen molar-refractivity contribution in [3.8, 4) is 0 Å². The first kappa shape index (κ1) is 16.3. The summed E-state index contributed by atoms with van der Waals surface area (Å²) in [5.74, 6) is -0.507. The number of hydrogen-bond acceptors (Lipinski definition) is 6. The number of carbonyl (C=O) groups excluding carboxylic acids is 2. The summed E-state index contributed by atoms with van der Waals surface area (Å²) in [6, 6.07) is 0. The van der Waals surface area contributed by atoms with Crippen molar-refractivity contribution in [1.82, 2.24) is 0 Å². The van der Waals surface area contributed by atoms with E-state index >= 15 is 0 Å². The molecule has 2 saturated heterocycles. The summed E-state index contributed by atoms with van der Waals surface area (Å²) < 4.78 is 22.4. The normalized spacial score (nSPS) is 39.0. The molecular weight excluding hydrogens is 312 g/mol. The van der Waals surface area contributed by atoms with Crippen LogP contribution in [0.15, 0.2) is 0 Å². The number of carbonyl (C=O) groups is 2. The van der Waals surface area contributed by atoms with Gasteiger partial charge in [-0.1, -0.05) is 38.5 Å². The maximum atomic E-state index is 12.2. The van der Waals surface area contributed by atoms with Crippen LogP contribution < -0.4 is 0 Å². The van der Waals surface area contributed by atoms with Crippen molar-refractivity contribution >= 4 is 11.9 Å². The van der Waals surface area contributed by atoms with Crippen LogP contribution >= 0.6 is 0 Å². The molecule has 4 rings (SSSR count). The molecule has 4 aliphatic rings. The Bertz CT molecular complexity index is 436. The highest BCUT2D eigenvalue weighted by molar-refractivity contribution is 5.87. The van der Waals surface area contributed by atoms with Crippen molar-refractivity contribution in [3.63, 3.8) is 0 Å². The Kier molecular flexibility index (Phi) is 4.77. The Balaban J connectivity index is 1.38. The second kappa shape index (κ2) is 7.00. The lowest BCUT2D eigenvalue weighted by molar-refractivity contribution is -0.150. The molecule has 2 saturated carbocycles. The minimum atomic E-state index is -0.974. The van der Waals surface area contributed by atoms with Crippen molar-refractivity contribution in [2.24, 2.45) is 11.8 Å². The molecule has 0 unspecified atom stereocenters. The predicted octanol–water partition coefficient (Wildman–Crippen LogP) is 2.68. The second-order valence-corrected chi connectivity index (χ2v) is 7.52. The molecule has 24 heavy (non-hydrogen) atoms. The van der Waals surface area contributed by atoms with Crippen molar-refractivity contribution in [3.05, 3.63) is 0 Å². The summed E-state index contributed by atoms with van der Waals surface area (Å²) in [6.07, 6.45) is 8.00. The van der Waals surface area contributed by atoms with E-state index in [1.165, 1.54) is 12.8 Å². The van der Waals surface area contributed by atoms with Gasteiger partial charge in [0.1, 0.15) is 0 Å². The minimum absolute atomic E-state index is 0.235. The predicted molar refractivity (Wildman–Crippen MR) is 82.7 cm³/mol. The second-order valence-electron chi connectivity index (χ2n) is 7.52. The zero-order chi connectivity index (χ0) is 16.5. The van der Waals surface area contributed by atoms with Gasteiger partial charge in [0.2, 0.25) is 12.6 Å². The largest absolute Gasteiger partial charge is 0.433 e. The smallest absolute Gasteiger partial charge is 0.341 e. The van der Waals surface area contributed by atoms with E-state index in [-0.39, 0.29) is 11.8 Å². The molecule has 2 aliphatic heterocycles. The number of cyclic esters (lactones) is 2. The maximum Gasteiger partial charge on any atom is 0.341 e. The first-order valence-electron chi connectivity index (χ1n) is 9.44. The molecule has 0 radical (unpaired) electrons. The quantitative estimate of drug-likeness (QED) is 0.737. The van der Waals surface area contributed by atoms with E-state index in [0.29, 0.717) is 0 Å². The van der Waals surface area contributed by atoms with Crippen molar-refractivity contribution in [2.45, 2.75) is 89.0 Å². The van der Waals surface area contributed by atoms with E-state index in [0.717, 1.165) is 51.4 Å². The first-order chi connectivity index (χ1) is 11.7. The van der Waals surface area contributed by atoms with Gasteiger partial charge in [0.25, 0.3) is 0 Å². The molecule has 0 amide bonds. The van der Waals surface area contributed by atoms with Crippen LogP contribution in [0.3, 0.4) is 0 Å². The molecule has 0 spiro atoms. The van der Waals surface area contributed by atoms with Crippen LogP contribution in [0.2, 0.25) is 0 Å². The average molecular weight is 338 g/mol. The SMILES string of the molecule is O=C1O[C@H](C2CCCCC2)O[C@@H]1[C@H]1O[C@@H](C2CCCCC2)OC1=O. The maximum absolute atomic E-state index is 12.2. The zero-order valence-corrected chi connectivity index (χ0v) is 14.0. The molecule has 0 aromatic carbocycles. The van der Waals surface area contributed by atoms with E-state index in [1.54, 1.807) is 0 Å². The highest BCUT2D eigenvalue weighted by Gasteiger charge is 2.52. The molecule has 2 heterocycles. The molecule has 0 N–H and O–H groups in total. The summed E-state index contributed by atoms with van der Waals surface area (Å²) in [4.78, 5) is 24.4. The lowest BCUT2D eigenvalue weighted by Gasteiger charge is -2.26. The van der Waals surface area contributed by atoms with Gasteiger partial charge >= 0.3 is 11.9 Å². The number of hydrogen-bond donors (Lipinski definition) is 0. The van der Waals surface area contributed by atoms with Crippen LogP contribution in [-0.2, 0) is 28.5 Å². The molecule has 2 aliphatic carbocycles. The number of esters is 2. The van der Waals surface area contributed by atoms with Crippen molar-refractivity contribution < 1.29 is 28.5 Å². The Hall–Kier alpha value is -1.14. The monoisotopic (exact) mass is 338 g/mol. The van der Waals surface area contributed by atoms with Crippen molar-refractivity contribution in [1.29, 1.82) is 0 Å². The molecule has 6 heteroatoms. The lowest BCUT2D eigenvalue weighted by Crippen LogP contribution is -2.37. The fraction of sp³-hybridized carbons (Fsp3) is 0.889. The van der Waals surface area contributed by atoms with Gasteiger partial charge in [0.05, 0.1) is 0 Å². The minimum Gasteiger partial charge on any atom is -0.433 e. The highest BCUT2D eigenvalue weighted by atomic mass is 16.8. The Labute approximate surface area is 142 Å². The summed E-state index contributed by atoms with van der Waals surface area (Å²) in [6.45, 7) is 0. The Morgan fingerprint density at radius 1 is 0.583 bits per heavy atom. The van der Waals surface area contributed by atoms with E-state index in [9.17, 15) is 9.59 Å². The van der Waals surface area contributed by atoms with Crippen LogP contribution in [0.4, 0.5) is 0 Å². The van der Waals surface area contributed by atoms with Gasteiger partial charge in [-0.3, -0.25) is 0 Å². The third-order valence-electron chi connectivity index (χ3n) is 5.84. The zero-order valence-electron chi connectivity index (χ0n) is 14.0. The highest BCUT2D eigenvalue weighted by Crippen LogP contribution is 2.37. The summed E-state index contributed by atoms with van der Waals surface area (Å²) in [5.41, 5.74) is 0. The molecule has 4 fully saturated rings. The van der Waals surface area contributed by atoms with Gasteiger partial charge < -0.3 is 18.9 Å². The summed E-state index contributed by atoms with van der Waals surface area (Å²) in [5, 5.41) is 0. The first-order valence-corrected chi connectivity index (χ1v) is 9.44. The van der Waals surface area contributed by atoms with E-state index in [1.807, 2.05) is 0 Å². The van der Waals surface area contributed by atoms with Crippen LogP contribution in [-0.4, -0.2) is 36.7 Å². The van der Waals surface area contributed by atoms with Crippen LogP contribution in [0, 0.1) is 11.8 Å². The fourth-order valence-electron chi connectivity index (χ4n) is 4.44. The Morgan fingerprint density at radius 3 is 1.33 bits per heavy atom. The summed E-state index contributed by atoms with van der Waals surface area (Å²) in [7, 11) is 0. The van der Waals surface area contributed by atoms with E-state index in [4.69, 9.17) is 18.9 Å². The van der Waals surface area contributed by atoms with Crippen LogP contribution in [0.25, 0.3) is 0 Å². The third-order valence-corrected chi connectivity index (χ3v) is 5.84. The van der Waals surface area contributed by atoms with Crippen LogP contribution in [0.5, 0.6) is 0 Å². The molecule has 4 atom stereocenters.